The van der Waals surface area contributed by atoms with E-state index in [2.05, 4.69) is 49.2 Å². The lowest BCUT2D eigenvalue weighted by Gasteiger charge is -2.36. The van der Waals surface area contributed by atoms with Crippen molar-refractivity contribution >= 4 is 5.70 Å². The van der Waals surface area contributed by atoms with Crippen LogP contribution in [0.2, 0.25) is 0 Å². The van der Waals surface area contributed by atoms with Gasteiger partial charge >= 0.3 is 0 Å². The second-order valence-corrected chi connectivity index (χ2v) is 9.33. The number of aryl methyl sites for hydroxylation is 1. The van der Waals surface area contributed by atoms with Gasteiger partial charge in [-0.15, -0.1) is 0 Å². The Kier molecular flexibility index (Phi) is 7.38. The van der Waals surface area contributed by atoms with Crippen LogP contribution in [-0.4, -0.2) is 78.6 Å². The molecular formula is C26H36N6O2. The summed E-state index contributed by atoms with van der Waals surface area (Å²) in [4.78, 5) is 27.5. The summed E-state index contributed by atoms with van der Waals surface area (Å²) >= 11 is 0. The molecule has 0 radical (unpaired) electrons. The number of nitrogens with one attached hydrogen (secondary N) is 2. The van der Waals surface area contributed by atoms with E-state index in [-0.39, 0.29) is 5.43 Å². The van der Waals surface area contributed by atoms with Crippen LogP contribution in [0.4, 0.5) is 0 Å². The van der Waals surface area contributed by atoms with Crippen molar-refractivity contribution in [3.8, 4) is 5.75 Å². The van der Waals surface area contributed by atoms with Gasteiger partial charge in [0.2, 0.25) is 0 Å². The number of hydrogen-bond acceptors (Lipinski definition) is 7. The molecule has 34 heavy (non-hydrogen) atoms. The molecule has 4 heterocycles. The molecule has 0 atom stereocenters. The third kappa shape index (κ3) is 5.51. The summed E-state index contributed by atoms with van der Waals surface area (Å²) in [7, 11) is 5.89. The topological polar surface area (TPSA) is 76.7 Å². The monoisotopic (exact) mass is 464 g/mol. The molecule has 2 N–H and O–H groups in total. The van der Waals surface area contributed by atoms with Crippen LogP contribution in [0.25, 0.3) is 5.70 Å². The zero-order chi connectivity index (χ0) is 24.2. The van der Waals surface area contributed by atoms with Gasteiger partial charge in [-0.3, -0.25) is 14.7 Å². The Morgan fingerprint density at radius 1 is 1.15 bits per heavy atom. The molecule has 4 rings (SSSR count). The number of allylic oxidation sites excluding steroid dienone is 1. The van der Waals surface area contributed by atoms with E-state index in [1.54, 1.807) is 19.2 Å². The molecule has 0 saturated carbocycles. The molecule has 0 bridgehead atoms. The minimum atomic E-state index is 0.00172. The van der Waals surface area contributed by atoms with Crippen molar-refractivity contribution in [3.05, 3.63) is 74.6 Å². The zero-order valence-electron chi connectivity index (χ0n) is 20.9. The zero-order valence-corrected chi connectivity index (χ0v) is 20.9. The fraction of sp³-hybridized carbons (Fsp3) is 0.462. The number of piperazine rings is 1. The fourth-order valence-electron chi connectivity index (χ4n) is 4.65. The number of pyridine rings is 2. The molecule has 182 valence electrons. The highest BCUT2D eigenvalue weighted by Crippen LogP contribution is 2.25. The van der Waals surface area contributed by atoms with E-state index in [4.69, 9.17) is 4.74 Å². The van der Waals surface area contributed by atoms with Gasteiger partial charge in [-0.05, 0) is 40.1 Å². The summed E-state index contributed by atoms with van der Waals surface area (Å²) in [6.07, 6.45) is 6.22. The first-order chi connectivity index (χ1) is 16.3. The van der Waals surface area contributed by atoms with Crippen LogP contribution in [0.1, 0.15) is 28.2 Å². The van der Waals surface area contributed by atoms with Crippen molar-refractivity contribution in [2.24, 2.45) is 0 Å². The molecule has 0 unspecified atom stereocenters. The Morgan fingerprint density at radius 3 is 2.65 bits per heavy atom. The molecule has 1 fully saturated rings. The summed E-state index contributed by atoms with van der Waals surface area (Å²) in [6, 6.07) is 3.35. The molecule has 0 amide bonds. The Morgan fingerprint density at radius 2 is 1.91 bits per heavy atom. The molecule has 8 heteroatoms. The van der Waals surface area contributed by atoms with Gasteiger partial charge in [-0.2, -0.15) is 0 Å². The number of nitrogens with zero attached hydrogens (tertiary/aromatic N) is 4. The molecule has 2 aliphatic heterocycles. The van der Waals surface area contributed by atoms with Gasteiger partial charge < -0.3 is 24.8 Å². The lowest BCUT2D eigenvalue weighted by molar-refractivity contribution is 0.189. The quantitative estimate of drug-likeness (QED) is 0.650. The minimum Gasteiger partial charge on any atom is -0.496 e. The Bertz CT molecular complexity index is 1140. The van der Waals surface area contributed by atoms with Crippen LogP contribution in [0.5, 0.6) is 5.75 Å². The van der Waals surface area contributed by atoms with Gasteiger partial charge in [0, 0.05) is 86.7 Å². The highest BCUT2D eigenvalue weighted by molar-refractivity contribution is 5.65. The van der Waals surface area contributed by atoms with E-state index >= 15 is 0 Å². The highest BCUT2D eigenvalue weighted by atomic mass is 16.5. The van der Waals surface area contributed by atoms with Gasteiger partial charge in [-0.25, -0.2) is 0 Å². The minimum absolute atomic E-state index is 0.00172. The number of dihydropyridines is 1. The van der Waals surface area contributed by atoms with E-state index < -0.39 is 0 Å². The first kappa shape index (κ1) is 24.0. The molecule has 2 aromatic rings. The first-order valence-electron chi connectivity index (χ1n) is 11.8. The molecule has 2 aliphatic rings. The standard InChI is InChI=1S/C26H36N6O2/c1-18-15-28-25(19(2)26(18)34-5)17-31(4)16-20-12-22(33)14-24(29-20)23-13-21(6-7-27-23)32-10-8-30(3)9-11-32/h6,12-15,27H,7-11,16-17H2,1-5H3,(H,29,33). The van der Waals surface area contributed by atoms with Crippen molar-refractivity contribution in [1.82, 2.24) is 30.0 Å². The average Bonchev–Trinajstić information content (AvgIpc) is 2.81. The van der Waals surface area contributed by atoms with Crippen LogP contribution in [0, 0.1) is 13.8 Å². The molecule has 1 saturated heterocycles. The van der Waals surface area contributed by atoms with E-state index in [0.717, 1.165) is 72.4 Å². The first-order valence-corrected chi connectivity index (χ1v) is 11.8. The molecule has 0 spiro atoms. The smallest absolute Gasteiger partial charge is 0.182 e. The van der Waals surface area contributed by atoms with Crippen molar-refractivity contribution in [2.45, 2.75) is 26.9 Å². The second-order valence-electron chi connectivity index (χ2n) is 9.33. The summed E-state index contributed by atoms with van der Waals surface area (Å²) in [5.41, 5.74) is 6.93. The van der Waals surface area contributed by atoms with Crippen LogP contribution in [0.15, 0.2) is 41.0 Å². The number of likely N-dealkylation sites (N-methyl/N-ethyl adjacent to an activating group) is 1. The number of H-pyrrole nitrogens is 1. The largest absolute Gasteiger partial charge is 0.496 e. The molecule has 0 aromatic carbocycles. The van der Waals surface area contributed by atoms with Crippen LogP contribution in [-0.2, 0) is 13.1 Å². The third-order valence-electron chi connectivity index (χ3n) is 6.56. The number of aromatic nitrogens is 2. The van der Waals surface area contributed by atoms with Crippen molar-refractivity contribution < 1.29 is 4.74 Å². The SMILES string of the molecule is COc1c(C)cnc(CN(C)Cc2cc(=O)cc(C3=CC(N4CCN(C)CC4)=CCN3)[nH]2)c1C. The number of rotatable bonds is 7. The lowest BCUT2D eigenvalue weighted by atomic mass is 10.1. The van der Waals surface area contributed by atoms with Gasteiger partial charge in [0.1, 0.15) is 5.75 Å². The van der Waals surface area contributed by atoms with Crippen molar-refractivity contribution in [2.75, 3.05) is 53.9 Å². The maximum absolute atomic E-state index is 12.5. The summed E-state index contributed by atoms with van der Waals surface area (Å²) in [5, 5.41) is 3.43. The van der Waals surface area contributed by atoms with Crippen molar-refractivity contribution in [3.63, 3.8) is 0 Å². The highest BCUT2D eigenvalue weighted by Gasteiger charge is 2.18. The molecule has 2 aromatic heterocycles. The molecule has 0 aliphatic carbocycles. The number of hydrogen-bond donors (Lipinski definition) is 2. The molecular weight excluding hydrogens is 428 g/mol. The van der Waals surface area contributed by atoms with E-state index in [1.165, 1.54) is 5.70 Å². The number of ether oxygens (including phenoxy) is 1. The Labute approximate surface area is 201 Å². The molecule has 8 nitrogen and oxygen atoms in total. The van der Waals surface area contributed by atoms with Crippen molar-refractivity contribution in [1.29, 1.82) is 0 Å². The van der Waals surface area contributed by atoms with Gasteiger partial charge in [0.05, 0.1) is 24.2 Å². The fourth-order valence-corrected chi connectivity index (χ4v) is 4.65. The average molecular weight is 465 g/mol. The number of methoxy groups -OCH3 is 1. The van der Waals surface area contributed by atoms with Crippen LogP contribution < -0.4 is 15.5 Å². The predicted molar refractivity (Wildman–Crippen MR) is 136 cm³/mol. The van der Waals surface area contributed by atoms with Gasteiger partial charge in [0.25, 0.3) is 0 Å². The number of aromatic amines is 1. The lowest BCUT2D eigenvalue weighted by Crippen LogP contribution is -2.44. The third-order valence-corrected chi connectivity index (χ3v) is 6.56. The van der Waals surface area contributed by atoms with Gasteiger partial charge in [-0.1, -0.05) is 0 Å². The van der Waals surface area contributed by atoms with Gasteiger partial charge in [0.15, 0.2) is 5.43 Å². The summed E-state index contributed by atoms with van der Waals surface area (Å²) in [5.74, 6) is 0.883. The van der Waals surface area contributed by atoms with E-state index in [0.29, 0.717) is 13.1 Å². The van der Waals surface area contributed by atoms with E-state index in [1.807, 2.05) is 27.1 Å². The maximum atomic E-state index is 12.5. The van der Waals surface area contributed by atoms with E-state index in [9.17, 15) is 4.79 Å². The van der Waals surface area contributed by atoms with Crippen LogP contribution >= 0.6 is 0 Å². The predicted octanol–water partition coefficient (Wildman–Crippen LogP) is 2.10. The van der Waals surface area contributed by atoms with Crippen LogP contribution in [0.3, 0.4) is 0 Å². The second kappa shape index (κ2) is 10.4. The summed E-state index contributed by atoms with van der Waals surface area (Å²) in [6.45, 7) is 10.2. The Balaban J connectivity index is 1.49. The summed E-state index contributed by atoms with van der Waals surface area (Å²) < 4.78 is 5.54. The maximum Gasteiger partial charge on any atom is 0.182 e. The Hall–Kier alpha value is -3.10. The normalized spacial score (nSPS) is 16.8.